The van der Waals surface area contributed by atoms with Gasteiger partial charge in [0.05, 0.1) is 10.7 Å². The minimum atomic E-state index is -0.657. The molecule has 3 N–H and O–H groups in total. The van der Waals surface area contributed by atoms with Gasteiger partial charge in [0.15, 0.2) is 0 Å². The average molecular weight is 355 g/mol. The highest BCUT2D eigenvalue weighted by Gasteiger charge is 2.16. The third kappa shape index (κ3) is 3.58. The lowest BCUT2D eigenvalue weighted by atomic mass is 10.3. The molecule has 0 fully saturated rings. The molecule has 1 amide bonds. The highest BCUT2D eigenvalue weighted by atomic mass is 127. The van der Waals surface area contributed by atoms with Crippen molar-refractivity contribution in [2.24, 2.45) is 5.73 Å². The van der Waals surface area contributed by atoms with E-state index in [0.29, 0.717) is 10.7 Å². The number of hydrogen-bond acceptors (Lipinski definition) is 3. The number of hydrogen-bond donors (Lipinski definition) is 2. The molecule has 0 saturated heterocycles. The number of nitrogens with two attached hydrogens (primary N) is 1. The zero-order chi connectivity index (χ0) is 12.1. The van der Waals surface area contributed by atoms with Gasteiger partial charge in [-0.1, -0.05) is 11.6 Å². The Morgan fingerprint density at radius 3 is 2.88 bits per heavy atom. The molecule has 0 spiro atoms. The summed E-state index contributed by atoms with van der Waals surface area (Å²) >= 11 is 8.12. The van der Waals surface area contributed by atoms with Gasteiger partial charge in [-0.3, -0.25) is 4.79 Å². The summed E-state index contributed by atoms with van der Waals surface area (Å²) in [5.41, 5.74) is 5.94. The Hall–Kier alpha value is -0.370. The summed E-state index contributed by atoms with van der Waals surface area (Å²) < 4.78 is 5.92. The Morgan fingerprint density at radius 2 is 2.38 bits per heavy atom. The topological polar surface area (TPSA) is 64.3 Å². The van der Waals surface area contributed by atoms with Crippen LogP contribution in [0.4, 0.5) is 5.69 Å². The molecule has 0 bridgehead atoms. The normalized spacial score (nSPS) is 12.2. The predicted molar refractivity (Wildman–Crippen MR) is 72.7 cm³/mol. The van der Waals surface area contributed by atoms with Gasteiger partial charge in [0.1, 0.15) is 6.10 Å². The molecule has 0 aliphatic carbocycles. The van der Waals surface area contributed by atoms with E-state index >= 15 is 0 Å². The minimum Gasteiger partial charge on any atom is -0.370 e. The molecule has 6 heteroatoms. The van der Waals surface area contributed by atoms with Crippen LogP contribution in [0, 0.1) is 3.57 Å². The number of nitrogens with one attached hydrogen (secondary N) is 1. The van der Waals surface area contributed by atoms with Crippen molar-refractivity contribution >= 4 is 45.8 Å². The quantitative estimate of drug-likeness (QED) is 0.811. The summed E-state index contributed by atoms with van der Waals surface area (Å²) in [4.78, 5) is 11.6. The van der Waals surface area contributed by atoms with Crippen LogP contribution in [0.2, 0.25) is 5.02 Å². The molecule has 1 aromatic rings. The Labute approximate surface area is 113 Å². The van der Waals surface area contributed by atoms with Gasteiger partial charge in [-0.2, -0.15) is 0 Å². The van der Waals surface area contributed by atoms with Crippen LogP contribution in [0.5, 0.6) is 0 Å². The number of rotatable bonds is 4. The number of ether oxygens (including phenoxy) is 1. The van der Waals surface area contributed by atoms with E-state index in [-0.39, 0.29) is 12.5 Å². The van der Waals surface area contributed by atoms with Crippen LogP contribution >= 0.6 is 34.2 Å². The Bertz CT molecular complexity index is 383. The van der Waals surface area contributed by atoms with Crippen molar-refractivity contribution in [1.82, 2.24) is 0 Å². The second-order valence-corrected chi connectivity index (χ2v) is 4.73. The fourth-order valence-electron chi connectivity index (χ4n) is 1.11. The molecule has 4 nitrogen and oxygen atoms in total. The van der Waals surface area contributed by atoms with Crippen molar-refractivity contribution in [3.63, 3.8) is 0 Å². The van der Waals surface area contributed by atoms with E-state index in [4.69, 9.17) is 22.1 Å². The SMILES string of the molecule is COC(CN)C(=O)Nc1ccc(I)cc1Cl. The summed E-state index contributed by atoms with van der Waals surface area (Å²) in [7, 11) is 1.44. The number of halogens is 2. The first-order chi connectivity index (χ1) is 7.58. The van der Waals surface area contributed by atoms with Crippen LogP contribution < -0.4 is 11.1 Å². The number of anilines is 1. The van der Waals surface area contributed by atoms with Crippen molar-refractivity contribution in [2.75, 3.05) is 19.0 Å². The largest absolute Gasteiger partial charge is 0.370 e. The van der Waals surface area contributed by atoms with E-state index in [9.17, 15) is 4.79 Å². The monoisotopic (exact) mass is 354 g/mol. The van der Waals surface area contributed by atoms with E-state index in [1.165, 1.54) is 7.11 Å². The first-order valence-corrected chi connectivity index (χ1v) is 6.03. The molecule has 1 atom stereocenters. The first-order valence-electron chi connectivity index (χ1n) is 4.57. The summed E-state index contributed by atoms with van der Waals surface area (Å²) in [6.45, 7) is 0.129. The molecule has 1 aromatic carbocycles. The molecule has 0 heterocycles. The highest BCUT2D eigenvalue weighted by Crippen LogP contribution is 2.23. The maximum Gasteiger partial charge on any atom is 0.254 e. The molecule has 0 aliphatic rings. The van der Waals surface area contributed by atoms with Gasteiger partial charge in [0.2, 0.25) is 0 Å². The average Bonchev–Trinajstić information content (AvgIpc) is 2.24. The standard InChI is InChI=1S/C10H12ClIN2O2/c1-16-9(5-13)10(15)14-8-3-2-6(12)4-7(8)11/h2-4,9H,5,13H2,1H3,(H,14,15). The second kappa shape index (κ2) is 6.39. The smallest absolute Gasteiger partial charge is 0.254 e. The van der Waals surface area contributed by atoms with Crippen LogP contribution in [0.3, 0.4) is 0 Å². The fraction of sp³-hybridized carbons (Fsp3) is 0.300. The summed E-state index contributed by atoms with van der Waals surface area (Å²) in [6, 6.07) is 5.36. The fourth-order valence-corrected chi connectivity index (χ4v) is 2.02. The number of carbonyl (C=O) groups is 1. The van der Waals surface area contributed by atoms with Crippen LogP contribution in [-0.2, 0) is 9.53 Å². The molecule has 0 aromatic heterocycles. The third-order valence-corrected chi connectivity index (χ3v) is 2.96. The van der Waals surface area contributed by atoms with Crippen molar-refractivity contribution < 1.29 is 9.53 Å². The lowest BCUT2D eigenvalue weighted by Crippen LogP contribution is -2.35. The van der Waals surface area contributed by atoms with Gasteiger partial charge in [-0.05, 0) is 40.8 Å². The molecule has 0 aliphatic heterocycles. The highest BCUT2D eigenvalue weighted by molar-refractivity contribution is 14.1. The van der Waals surface area contributed by atoms with Gasteiger partial charge >= 0.3 is 0 Å². The van der Waals surface area contributed by atoms with Gasteiger partial charge in [0.25, 0.3) is 5.91 Å². The van der Waals surface area contributed by atoms with Gasteiger partial charge in [0, 0.05) is 17.2 Å². The molecule has 1 rings (SSSR count). The van der Waals surface area contributed by atoms with Crippen LogP contribution in [0.15, 0.2) is 18.2 Å². The maximum atomic E-state index is 11.6. The first kappa shape index (κ1) is 13.7. The Balaban J connectivity index is 2.76. The molecular weight excluding hydrogens is 342 g/mol. The third-order valence-electron chi connectivity index (χ3n) is 1.98. The van der Waals surface area contributed by atoms with Crippen molar-refractivity contribution in [2.45, 2.75) is 6.10 Å². The van der Waals surface area contributed by atoms with Gasteiger partial charge in [-0.15, -0.1) is 0 Å². The summed E-state index contributed by atoms with van der Waals surface area (Å²) in [5.74, 6) is -0.298. The Morgan fingerprint density at radius 1 is 1.69 bits per heavy atom. The molecule has 16 heavy (non-hydrogen) atoms. The predicted octanol–water partition coefficient (Wildman–Crippen LogP) is 1.86. The number of benzene rings is 1. The molecule has 0 radical (unpaired) electrons. The second-order valence-electron chi connectivity index (χ2n) is 3.07. The summed E-state index contributed by atoms with van der Waals surface area (Å²) in [5, 5.41) is 3.15. The van der Waals surface area contributed by atoms with Crippen LogP contribution in [-0.4, -0.2) is 25.7 Å². The zero-order valence-corrected chi connectivity index (χ0v) is 11.6. The van der Waals surface area contributed by atoms with Gasteiger partial charge in [-0.25, -0.2) is 0 Å². The summed E-state index contributed by atoms with van der Waals surface area (Å²) in [6.07, 6.45) is -0.657. The molecule has 0 saturated carbocycles. The number of amides is 1. The van der Waals surface area contributed by atoms with Crippen molar-refractivity contribution in [3.8, 4) is 0 Å². The van der Waals surface area contributed by atoms with Crippen LogP contribution in [0.1, 0.15) is 0 Å². The maximum absolute atomic E-state index is 11.6. The van der Waals surface area contributed by atoms with E-state index in [0.717, 1.165) is 3.57 Å². The zero-order valence-electron chi connectivity index (χ0n) is 8.67. The van der Waals surface area contributed by atoms with Crippen molar-refractivity contribution in [1.29, 1.82) is 0 Å². The molecule has 88 valence electrons. The van der Waals surface area contributed by atoms with Gasteiger partial charge < -0.3 is 15.8 Å². The van der Waals surface area contributed by atoms with Crippen molar-refractivity contribution in [3.05, 3.63) is 26.8 Å². The lowest BCUT2D eigenvalue weighted by Gasteiger charge is -2.13. The van der Waals surface area contributed by atoms with E-state index < -0.39 is 6.10 Å². The minimum absolute atomic E-state index is 0.129. The van der Waals surface area contributed by atoms with Crippen LogP contribution in [0.25, 0.3) is 0 Å². The van der Waals surface area contributed by atoms with E-state index in [1.807, 2.05) is 6.07 Å². The lowest BCUT2D eigenvalue weighted by molar-refractivity contribution is -0.125. The number of carbonyl (C=O) groups excluding carboxylic acids is 1. The van der Waals surface area contributed by atoms with E-state index in [2.05, 4.69) is 27.9 Å². The van der Waals surface area contributed by atoms with E-state index in [1.54, 1.807) is 12.1 Å². The molecular formula is C10H12ClIN2O2. The Kier molecular flexibility index (Phi) is 5.47. The number of methoxy groups -OCH3 is 1. The molecule has 1 unspecified atom stereocenters.